The number of fused-ring (bicyclic) bond motifs is 1. The van der Waals surface area contributed by atoms with E-state index in [0.29, 0.717) is 10.8 Å². The first-order valence-corrected chi connectivity index (χ1v) is 8.72. The second-order valence-corrected chi connectivity index (χ2v) is 6.29. The van der Waals surface area contributed by atoms with E-state index in [4.69, 9.17) is 0 Å². The molecule has 0 heterocycles. The number of nitrogens with one attached hydrogen (secondary N) is 1. The Bertz CT molecular complexity index is 1020. The summed E-state index contributed by atoms with van der Waals surface area (Å²) in [6.45, 7) is 0.244. The predicted octanol–water partition coefficient (Wildman–Crippen LogP) is 3.36. The molecule has 0 fully saturated rings. The Morgan fingerprint density at radius 3 is 2.20 bits per heavy atom. The summed E-state index contributed by atoms with van der Waals surface area (Å²) < 4.78 is 39.1. The molecular weight excluding hydrogens is 345 g/mol. The number of benzene rings is 3. The summed E-state index contributed by atoms with van der Waals surface area (Å²) in [5, 5.41) is 4.00. The van der Waals surface area contributed by atoms with Crippen LogP contribution in [-0.2, 0) is 17.0 Å². The van der Waals surface area contributed by atoms with Crippen molar-refractivity contribution in [3.05, 3.63) is 77.9 Å². The smallest absolute Gasteiger partial charge is 0.357 e. The lowest BCUT2D eigenvalue weighted by Gasteiger charge is -2.11. The molecule has 0 aromatic heterocycles. The van der Waals surface area contributed by atoms with Gasteiger partial charge in [-0.05, 0) is 28.5 Å². The molecule has 0 saturated heterocycles. The number of halogens is 1. The maximum atomic E-state index is 13.0. The minimum Gasteiger partial charge on any atom is -0.357 e. The normalized spacial score (nSPS) is 11.2. The maximum Gasteiger partial charge on any atom is 0.488 e. The van der Waals surface area contributed by atoms with Gasteiger partial charge in [0.25, 0.3) is 5.91 Å². The minimum absolute atomic E-state index is 0.0594. The lowest BCUT2D eigenvalue weighted by Crippen LogP contribution is -2.23. The molecule has 25 heavy (non-hydrogen) atoms. The first-order valence-electron chi connectivity index (χ1n) is 7.41. The molecule has 0 saturated carbocycles. The van der Waals surface area contributed by atoms with E-state index in [0.717, 1.165) is 5.56 Å². The second kappa shape index (κ2) is 6.90. The van der Waals surface area contributed by atoms with Gasteiger partial charge >= 0.3 is 10.5 Å². The van der Waals surface area contributed by atoms with E-state index < -0.39 is 16.4 Å². The van der Waals surface area contributed by atoms with Crippen LogP contribution in [0.2, 0.25) is 0 Å². The molecule has 0 bridgehead atoms. The number of rotatable bonds is 5. The van der Waals surface area contributed by atoms with Gasteiger partial charge in [0.2, 0.25) is 0 Å². The van der Waals surface area contributed by atoms with Gasteiger partial charge in [0.15, 0.2) is 5.75 Å². The molecule has 0 aliphatic carbocycles. The Morgan fingerprint density at radius 1 is 0.960 bits per heavy atom. The lowest BCUT2D eigenvalue weighted by molar-refractivity contribution is 0.0949. The fourth-order valence-corrected chi connectivity index (χ4v) is 2.80. The van der Waals surface area contributed by atoms with Crippen molar-refractivity contribution in [3.63, 3.8) is 0 Å². The fraction of sp³-hybridized carbons (Fsp3) is 0.0556. The first kappa shape index (κ1) is 16.9. The standard InChI is InChI=1S/C18H14FNO4S/c19-25(22,23)24-17-11-15-9-5-4-8-14(15)10-16(17)18(21)20-12-13-6-2-1-3-7-13/h1-11H,12H2,(H,20,21). The summed E-state index contributed by atoms with van der Waals surface area (Å²) in [6, 6.07) is 19.0. The SMILES string of the molecule is O=C(NCc1ccccc1)c1cc2ccccc2cc1OS(=O)(=O)F. The molecule has 3 aromatic carbocycles. The van der Waals surface area contributed by atoms with Crippen LogP contribution in [0.1, 0.15) is 15.9 Å². The molecule has 0 aliphatic rings. The van der Waals surface area contributed by atoms with Crippen molar-refractivity contribution in [2.24, 2.45) is 0 Å². The molecule has 1 amide bonds. The predicted molar refractivity (Wildman–Crippen MR) is 92.2 cm³/mol. The number of hydrogen-bond acceptors (Lipinski definition) is 4. The molecular formula is C18H14FNO4S. The van der Waals surface area contributed by atoms with Gasteiger partial charge in [-0.15, -0.1) is 0 Å². The monoisotopic (exact) mass is 359 g/mol. The van der Waals surface area contributed by atoms with Crippen LogP contribution >= 0.6 is 0 Å². The van der Waals surface area contributed by atoms with E-state index in [1.165, 1.54) is 12.1 Å². The summed E-state index contributed by atoms with van der Waals surface area (Å²) >= 11 is 0. The van der Waals surface area contributed by atoms with E-state index >= 15 is 0 Å². The van der Waals surface area contributed by atoms with Crippen LogP contribution in [0.4, 0.5) is 3.89 Å². The van der Waals surface area contributed by atoms with Crippen molar-refractivity contribution in [1.29, 1.82) is 0 Å². The Morgan fingerprint density at radius 2 is 1.56 bits per heavy atom. The number of amides is 1. The highest BCUT2D eigenvalue weighted by Crippen LogP contribution is 2.27. The summed E-state index contributed by atoms with van der Waals surface area (Å²) in [6.07, 6.45) is 0. The van der Waals surface area contributed by atoms with Crippen molar-refractivity contribution >= 4 is 27.2 Å². The third kappa shape index (κ3) is 4.33. The van der Waals surface area contributed by atoms with Crippen molar-refractivity contribution in [3.8, 4) is 5.75 Å². The summed E-state index contributed by atoms with van der Waals surface area (Å²) in [7, 11) is -5.25. The van der Waals surface area contributed by atoms with Gasteiger partial charge in [-0.2, -0.15) is 8.42 Å². The number of carbonyl (C=O) groups excluding carboxylic acids is 1. The molecule has 0 spiro atoms. The third-order valence-electron chi connectivity index (χ3n) is 3.58. The number of hydrogen-bond donors (Lipinski definition) is 1. The quantitative estimate of drug-likeness (QED) is 0.709. The summed E-state index contributed by atoms with van der Waals surface area (Å²) in [5.74, 6) is -0.917. The van der Waals surface area contributed by atoms with Crippen LogP contribution in [0.5, 0.6) is 5.75 Å². The summed E-state index contributed by atoms with van der Waals surface area (Å²) in [5.41, 5.74) is 0.813. The molecule has 0 aliphatic heterocycles. The van der Waals surface area contributed by atoms with Gasteiger partial charge in [0.1, 0.15) is 0 Å². The average Bonchev–Trinajstić information content (AvgIpc) is 2.58. The first-order chi connectivity index (χ1) is 11.9. The molecule has 3 aromatic rings. The third-order valence-corrected chi connectivity index (χ3v) is 3.96. The van der Waals surface area contributed by atoms with Crippen LogP contribution < -0.4 is 9.50 Å². The van der Waals surface area contributed by atoms with Crippen molar-refractivity contribution < 1.29 is 21.3 Å². The zero-order chi connectivity index (χ0) is 17.9. The molecule has 0 unspecified atom stereocenters. The lowest BCUT2D eigenvalue weighted by atomic mass is 10.1. The minimum atomic E-state index is -5.25. The Balaban J connectivity index is 1.94. The highest BCUT2D eigenvalue weighted by Gasteiger charge is 2.19. The van der Waals surface area contributed by atoms with Gasteiger partial charge in [0.05, 0.1) is 5.56 Å². The topological polar surface area (TPSA) is 72.5 Å². The Hall–Kier alpha value is -2.93. The number of carbonyl (C=O) groups is 1. The van der Waals surface area contributed by atoms with Crippen LogP contribution in [0.25, 0.3) is 10.8 Å². The van der Waals surface area contributed by atoms with Gasteiger partial charge in [-0.3, -0.25) is 4.79 Å². The van der Waals surface area contributed by atoms with Crippen LogP contribution in [0.15, 0.2) is 66.7 Å². The molecule has 7 heteroatoms. The van der Waals surface area contributed by atoms with E-state index in [2.05, 4.69) is 9.50 Å². The zero-order valence-corrected chi connectivity index (χ0v) is 13.8. The molecule has 128 valence electrons. The van der Waals surface area contributed by atoms with Crippen LogP contribution in [0, 0.1) is 0 Å². The van der Waals surface area contributed by atoms with Crippen LogP contribution in [-0.4, -0.2) is 14.3 Å². The van der Waals surface area contributed by atoms with E-state index in [1.807, 2.05) is 30.3 Å². The molecule has 5 nitrogen and oxygen atoms in total. The fourth-order valence-electron chi connectivity index (χ4n) is 2.45. The molecule has 1 N–H and O–H groups in total. The van der Waals surface area contributed by atoms with Gasteiger partial charge in [-0.1, -0.05) is 58.5 Å². The Labute approximate surface area is 144 Å². The van der Waals surface area contributed by atoms with Gasteiger partial charge in [-0.25, -0.2) is 0 Å². The molecule has 0 atom stereocenters. The maximum absolute atomic E-state index is 13.0. The van der Waals surface area contributed by atoms with Crippen LogP contribution in [0.3, 0.4) is 0 Å². The summed E-state index contributed by atoms with van der Waals surface area (Å²) in [4.78, 5) is 12.5. The van der Waals surface area contributed by atoms with Gasteiger partial charge in [0, 0.05) is 6.54 Å². The average molecular weight is 359 g/mol. The highest BCUT2D eigenvalue weighted by atomic mass is 32.3. The highest BCUT2D eigenvalue weighted by molar-refractivity contribution is 7.81. The largest absolute Gasteiger partial charge is 0.488 e. The van der Waals surface area contributed by atoms with E-state index in [1.54, 1.807) is 24.3 Å². The second-order valence-electron chi connectivity index (χ2n) is 5.34. The molecule has 0 radical (unpaired) electrons. The van der Waals surface area contributed by atoms with Crippen molar-refractivity contribution in [2.45, 2.75) is 6.54 Å². The van der Waals surface area contributed by atoms with Crippen molar-refractivity contribution in [2.75, 3.05) is 0 Å². The van der Waals surface area contributed by atoms with E-state index in [-0.39, 0.29) is 17.9 Å². The molecule has 3 rings (SSSR count). The Kier molecular flexibility index (Phi) is 4.67. The zero-order valence-electron chi connectivity index (χ0n) is 13.0. The van der Waals surface area contributed by atoms with E-state index in [9.17, 15) is 17.1 Å². The van der Waals surface area contributed by atoms with Crippen molar-refractivity contribution in [1.82, 2.24) is 5.32 Å². The van der Waals surface area contributed by atoms with Gasteiger partial charge < -0.3 is 9.50 Å².